The highest BCUT2D eigenvalue weighted by Crippen LogP contribution is 2.26. The summed E-state index contributed by atoms with van der Waals surface area (Å²) in [5.41, 5.74) is 2.18. The quantitative estimate of drug-likeness (QED) is 0.830. The van der Waals surface area contributed by atoms with E-state index in [9.17, 15) is 9.90 Å². The molecular formula is C19H22O3. The van der Waals surface area contributed by atoms with Gasteiger partial charge in [0.1, 0.15) is 5.75 Å². The van der Waals surface area contributed by atoms with Crippen LogP contribution in [0, 0.1) is 0 Å². The van der Waals surface area contributed by atoms with Gasteiger partial charge in [-0.05, 0) is 49.4 Å². The maximum absolute atomic E-state index is 11.2. The van der Waals surface area contributed by atoms with Crippen molar-refractivity contribution in [3.63, 3.8) is 0 Å². The molecule has 0 aliphatic carbocycles. The molecule has 0 saturated heterocycles. The summed E-state index contributed by atoms with van der Waals surface area (Å²) < 4.78 is 5.63. The van der Waals surface area contributed by atoms with E-state index in [1.165, 1.54) is 0 Å². The standard InChI is InChI=1S/C19H22O3/c1-14(2)22-18-10-8-16(9-11-18)17(13-19(20)21)12-15-6-4-3-5-7-15/h3-11,14,17H,12-13H2,1-2H3,(H,20,21)/t17-/m0/s1. The summed E-state index contributed by atoms with van der Waals surface area (Å²) in [6.07, 6.45) is 0.974. The third-order valence-electron chi connectivity index (χ3n) is 3.47. The molecule has 0 heterocycles. The van der Waals surface area contributed by atoms with E-state index in [0.29, 0.717) is 0 Å². The Morgan fingerprint density at radius 2 is 1.68 bits per heavy atom. The van der Waals surface area contributed by atoms with Gasteiger partial charge in [-0.2, -0.15) is 0 Å². The first-order chi connectivity index (χ1) is 10.5. The molecule has 0 fully saturated rings. The molecule has 2 aromatic rings. The van der Waals surface area contributed by atoms with E-state index < -0.39 is 5.97 Å². The average molecular weight is 298 g/mol. The molecule has 22 heavy (non-hydrogen) atoms. The summed E-state index contributed by atoms with van der Waals surface area (Å²) in [4.78, 5) is 11.2. The van der Waals surface area contributed by atoms with Crippen LogP contribution in [-0.2, 0) is 11.2 Å². The van der Waals surface area contributed by atoms with Gasteiger partial charge in [0.05, 0.1) is 12.5 Å². The highest BCUT2D eigenvalue weighted by atomic mass is 16.5. The molecule has 0 saturated carbocycles. The molecule has 2 aromatic carbocycles. The SMILES string of the molecule is CC(C)Oc1ccc([C@H](CC(=O)O)Cc2ccccc2)cc1. The van der Waals surface area contributed by atoms with Gasteiger partial charge in [0.15, 0.2) is 0 Å². The van der Waals surface area contributed by atoms with Gasteiger partial charge >= 0.3 is 5.97 Å². The molecular weight excluding hydrogens is 276 g/mol. The zero-order valence-electron chi connectivity index (χ0n) is 13.0. The fraction of sp³-hybridized carbons (Fsp3) is 0.316. The normalized spacial score (nSPS) is 12.1. The Kier molecular flexibility index (Phi) is 5.59. The van der Waals surface area contributed by atoms with Gasteiger partial charge < -0.3 is 9.84 Å². The van der Waals surface area contributed by atoms with Gasteiger partial charge in [-0.1, -0.05) is 42.5 Å². The number of benzene rings is 2. The lowest BCUT2D eigenvalue weighted by Crippen LogP contribution is -2.10. The second-order valence-electron chi connectivity index (χ2n) is 5.72. The van der Waals surface area contributed by atoms with E-state index in [4.69, 9.17) is 4.74 Å². The smallest absolute Gasteiger partial charge is 0.303 e. The maximum atomic E-state index is 11.2. The van der Waals surface area contributed by atoms with E-state index >= 15 is 0 Å². The van der Waals surface area contributed by atoms with E-state index in [-0.39, 0.29) is 18.4 Å². The molecule has 0 bridgehead atoms. The Labute approximate surface area is 131 Å². The first-order valence-corrected chi connectivity index (χ1v) is 7.57. The third kappa shape index (κ3) is 4.92. The average Bonchev–Trinajstić information content (AvgIpc) is 2.47. The fourth-order valence-electron chi connectivity index (χ4n) is 2.51. The van der Waals surface area contributed by atoms with Gasteiger partial charge in [-0.25, -0.2) is 0 Å². The number of rotatable bonds is 7. The van der Waals surface area contributed by atoms with Crippen molar-refractivity contribution >= 4 is 5.97 Å². The summed E-state index contributed by atoms with van der Waals surface area (Å²) >= 11 is 0. The molecule has 0 aromatic heterocycles. The van der Waals surface area contributed by atoms with Crippen molar-refractivity contribution in [2.24, 2.45) is 0 Å². The Morgan fingerprint density at radius 3 is 2.23 bits per heavy atom. The van der Waals surface area contributed by atoms with E-state index in [0.717, 1.165) is 23.3 Å². The van der Waals surface area contributed by atoms with Crippen molar-refractivity contribution in [1.82, 2.24) is 0 Å². The predicted octanol–water partition coefficient (Wildman–Crippen LogP) is 4.27. The third-order valence-corrected chi connectivity index (χ3v) is 3.47. The van der Waals surface area contributed by atoms with Crippen LogP contribution in [0.25, 0.3) is 0 Å². The summed E-state index contributed by atoms with van der Waals surface area (Å²) in [5, 5.41) is 9.17. The fourth-order valence-corrected chi connectivity index (χ4v) is 2.51. The van der Waals surface area contributed by atoms with Crippen LogP contribution >= 0.6 is 0 Å². The van der Waals surface area contributed by atoms with Crippen LogP contribution in [0.3, 0.4) is 0 Å². The van der Waals surface area contributed by atoms with Gasteiger partial charge in [0.2, 0.25) is 0 Å². The first kappa shape index (κ1) is 16.1. The van der Waals surface area contributed by atoms with Crippen LogP contribution in [0.4, 0.5) is 0 Å². The molecule has 0 spiro atoms. The molecule has 3 heteroatoms. The molecule has 0 radical (unpaired) electrons. The van der Waals surface area contributed by atoms with Gasteiger partial charge in [-0.15, -0.1) is 0 Å². The van der Waals surface area contributed by atoms with Gasteiger partial charge in [0.25, 0.3) is 0 Å². The van der Waals surface area contributed by atoms with Crippen molar-refractivity contribution in [2.75, 3.05) is 0 Å². The van der Waals surface area contributed by atoms with Crippen molar-refractivity contribution in [3.05, 3.63) is 65.7 Å². The Morgan fingerprint density at radius 1 is 1.05 bits per heavy atom. The topological polar surface area (TPSA) is 46.5 Å². The van der Waals surface area contributed by atoms with Crippen LogP contribution < -0.4 is 4.74 Å². The van der Waals surface area contributed by atoms with Crippen molar-refractivity contribution in [2.45, 2.75) is 38.7 Å². The molecule has 0 aliphatic heterocycles. The number of carbonyl (C=O) groups is 1. The van der Waals surface area contributed by atoms with Crippen LogP contribution in [0.5, 0.6) is 5.75 Å². The summed E-state index contributed by atoms with van der Waals surface area (Å²) in [6, 6.07) is 17.7. The van der Waals surface area contributed by atoms with E-state index in [1.807, 2.05) is 68.4 Å². The molecule has 1 N–H and O–H groups in total. The predicted molar refractivity (Wildman–Crippen MR) is 87.3 cm³/mol. The first-order valence-electron chi connectivity index (χ1n) is 7.57. The van der Waals surface area contributed by atoms with Gasteiger partial charge in [-0.3, -0.25) is 4.79 Å². The number of hydrogen-bond donors (Lipinski definition) is 1. The number of hydrogen-bond acceptors (Lipinski definition) is 2. The van der Waals surface area contributed by atoms with Crippen molar-refractivity contribution in [3.8, 4) is 5.75 Å². The number of carboxylic acid groups (broad SMARTS) is 1. The summed E-state index contributed by atoms with van der Waals surface area (Å²) in [7, 11) is 0. The number of aliphatic carboxylic acids is 1. The van der Waals surface area contributed by atoms with Crippen LogP contribution in [0.2, 0.25) is 0 Å². The highest BCUT2D eigenvalue weighted by Gasteiger charge is 2.16. The zero-order valence-corrected chi connectivity index (χ0v) is 13.0. The minimum atomic E-state index is -0.775. The van der Waals surface area contributed by atoms with Crippen molar-refractivity contribution < 1.29 is 14.6 Å². The molecule has 3 nitrogen and oxygen atoms in total. The molecule has 0 amide bonds. The second-order valence-corrected chi connectivity index (χ2v) is 5.72. The molecule has 0 unspecified atom stereocenters. The van der Waals surface area contributed by atoms with Gasteiger partial charge in [0, 0.05) is 0 Å². The lowest BCUT2D eigenvalue weighted by molar-refractivity contribution is -0.137. The Balaban J connectivity index is 2.16. The molecule has 116 valence electrons. The Bertz CT molecular complexity index is 588. The van der Waals surface area contributed by atoms with E-state index in [1.54, 1.807) is 0 Å². The lowest BCUT2D eigenvalue weighted by Gasteiger charge is -2.17. The highest BCUT2D eigenvalue weighted by molar-refractivity contribution is 5.68. The van der Waals surface area contributed by atoms with Crippen molar-refractivity contribution in [1.29, 1.82) is 0 Å². The maximum Gasteiger partial charge on any atom is 0.303 e. The zero-order chi connectivity index (χ0) is 15.9. The number of carboxylic acids is 1. The summed E-state index contributed by atoms with van der Waals surface area (Å²) in [5.74, 6) is 0.00368. The minimum Gasteiger partial charge on any atom is -0.491 e. The second kappa shape index (κ2) is 7.64. The van der Waals surface area contributed by atoms with Crippen LogP contribution in [0.15, 0.2) is 54.6 Å². The largest absolute Gasteiger partial charge is 0.491 e. The van der Waals surface area contributed by atoms with Crippen LogP contribution in [0.1, 0.15) is 37.3 Å². The van der Waals surface area contributed by atoms with E-state index in [2.05, 4.69) is 0 Å². The lowest BCUT2D eigenvalue weighted by atomic mass is 9.89. The number of ether oxygens (including phenoxy) is 1. The minimum absolute atomic E-state index is 0.0343. The monoisotopic (exact) mass is 298 g/mol. The molecule has 0 aliphatic rings. The Hall–Kier alpha value is -2.29. The molecule has 2 rings (SSSR count). The summed E-state index contributed by atoms with van der Waals surface area (Å²) in [6.45, 7) is 3.97. The molecule has 1 atom stereocenters. The van der Waals surface area contributed by atoms with Crippen LogP contribution in [-0.4, -0.2) is 17.2 Å².